The van der Waals surface area contributed by atoms with Crippen molar-refractivity contribution in [2.24, 2.45) is 35.5 Å². The van der Waals surface area contributed by atoms with E-state index in [9.17, 15) is 43.2 Å². The first kappa shape index (κ1) is 73.8. The van der Waals surface area contributed by atoms with Crippen LogP contribution in [0.1, 0.15) is 185 Å². The Balaban J connectivity index is 0.000000225. The van der Waals surface area contributed by atoms with Crippen LogP contribution in [0.2, 0.25) is 0 Å². The number of likely N-dealkylation sites (tertiary alicyclic amines) is 2. The molecule has 0 spiro atoms. The number of fused-ring (bicyclic) bond motifs is 3. The number of amides is 8. The molecule has 0 bridgehead atoms. The number of ketones is 1. The van der Waals surface area contributed by atoms with Crippen molar-refractivity contribution in [1.82, 2.24) is 34.5 Å². The number of hydrazine groups is 1. The van der Waals surface area contributed by atoms with E-state index in [-0.39, 0.29) is 88.1 Å². The van der Waals surface area contributed by atoms with Gasteiger partial charge in [0.25, 0.3) is 0 Å². The quantitative estimate of drug-likeness (QED) is 0.221. The van der Waals surface area contributed by atoms with Gasteiger partial charge in [0.1, 0.15) is 0 Å². The van der Waals surface area contributed by atoms with Crippen molar-refractivity contribution in [2.45, 2.75) is 218 Å². The molecule has 7 aliphatic rings. The van der Waals surface area contributed by atoms with Crippen molar-refractivity contribution >= 4 is 69.8 Å². The number of imide groups is 1. The van der Waals surface area contributed by atoms with Gasteiger partial charge in [-0.3, -0.25) is 48.3 Å². The molecule has 7 atom stereocenters. The molecule has 5 fully saturated rings. The monoisotopic (exact) mass is 1230 g/mol. The van der Waals surface area contributed by atoms with E-state index >= 15 is 0 Å². The van der Waals surface area contributed by atoms with E-state index < -0.39 is 0 Å². The number of urea groups is 1. The van der Waals surface area contributed by atoms with Crippen LogP contribution in [0.5, 0.6) is 0 Å². The third-order valence-corrected chi connectivity index (χ3v) is 18.8. The average molecular weight is 1230 g/mol. The summed E-state index contributed by atoms with van der Waals surface area (Å²) in [5.74, 6) is 1.99. The van der Waals surface area contributed by atoms with Crippen molar-refractivity contribution in [3.8, 4) is 0 Å². The minimum absolute atomic E-state index is 0.00329. The maximum absolute atomic E-state index is 12.1. The number of nitrogens with zero attached hydrogens (tertiary/aromatic N) is 8. The molecule has 1 aliphatic carbocycles. The molecule has 0 radical (unpaired) electrons. The highest BCUT2D eigenvalue weighted by atomic mass is 32.2. The fourth-order valence-corrected chi connectivity index (χ4v) is 13.2. The van der Waals surface area contributed by atoms with E-state index in [0.717, 1.165) is 108 Å². The Labute approximate surface area is 527 Å². The van der Waals surface area contributed by atoms with Crippen molar-refractivity contribution in [2.75, 3.05) is 63.5 Å². The van der Waals surface area contributed by atoms with Crippen LogP contribution in [-0.4, -0.2) is 176 Å². The van der Waals surface area contributed by atoms with Crippen LogP contribution in [-0.2, 0) is 57.6 Å². The fraction of sp³-hybridized carbons (Fsp3) is 0.696. The van der Waals surface area contributed by atoms with E-state index in [2.05, 4.69) is 69.1 Å². The molecule has 8 amide bonds. The van der Waals surface area contributed by atoms with Crippen LogP contribution < -0.4 is 4.90 Å². The normalized spacial score (nSPS) is 23.0. The maximum Gasteiger partial charge on any atom is 0.326 e. The van der Waals surface area contributed by atoms with Crippen molar-refractivity contribution in [3.05, 3.63) is 65.2 Å². The van der Waals surface area contributed by atoms with E-state index in [4.69, 9.17) is 0 Å². The lowest BCUT2D eigenvalue weighted by atomic mass is 10.0. The number of anilines is 1. The lowest BCUT2D eigenvalue weighted by Gasteiger charge is -2.42. The van der Waals surface area contributed by atoms with Gasteiger partial charge < -0.3 is 24.5 Å². The Morgan fingerprint density at radius 3 is 1.63 bits per heavy atom. The molecule has 87 heavy (non-hydrogen) atoms. The molecule has 7 unspecified atom stereocenters. The summed E-state index contributed by atoms with van der Waals surface area (Å²) < 4.78 is 0. The van der Waals surface area contributed by atoms with Crippen LogP contribution in [0.15, 0.2) is 48.5 Å². The number of thioether (sulfide) groups is 1. The van der Waals surface area contributed by atoms with Crippen LogP contribution in [0.4, 0.5) is 10.5 Å². The number of hydrogen-bond donors (Lipinski definition) is 0. The zero-order valence-electron chi connectivity index (χ0n) is 56.3. The zero-order chi connectivity index (χ0) is 65.0. The predicted octanol–water partition coefficient (Wildman–Crippen LogP) is 11.0. The molecule has 5 saturated heterocycles. The molecule has 18 heteroatoms. The van der Waals surface area contributed by atoms with Crippen LogP contribution in [0, 0.1) is 35.5 Å². The Morgan fingerprint density at radius 1 is 0.598 bits per heavy atom. The summed E-state index contributed by atoms with van der Waals surface area (Å²) in [4.78, 5) is 116. The minimum atomic E-state index is -0.243. The van der Waals surface area contributed by atoms with Gasteiger partial charge in [-0.1, -0.05) is 117 Å². The zero-order valence-corrected chi connectivity index (χ0v) is 57.1. The molecule has 0 N–H and O–H groups in total. The third-order valence-electron chi connectivity index (χ3n) is 17.7. The summed E-state index contributed by atoms with van der Waals surface area (Å²) in [6, 6.07) is 17.6. The summed E-state index contributed by atoms with van der Waals surface area (Å²) in [6.07, 6.45) is 12.6. The SMILES string of the molecule is CC(=O)SCC(C)C(=O)N1CCCC1C(C)=O.CC(C)C(=O)N1C(=O)N(C)CC1C.CC(C)C(=O)N1CCCC1C.CC1CCCN2CCCC(C)N2C1=O.CCN(C(=O)C(C)C)C1Cc2ccccc2C1.CCN1C(=O)C(C)CCc2ccccc21. The number of aryl methyl sites for hydroxylation is 1. The molecular weight excluding hydrogens is 1120 g/mol. The number of Topliss-reactive ketones (excluding diaryl/α,β-unsaturated/α-hetero) is 1. The van der Waals surface area contributed by atoms with Crippen LogP contribution in [0.25, 0.3) is 0 Å². The number of para-hydroxylation sites is 1. The minimum Gasteiger partial charge on any atom is -0.340 e. The number of carbonyl (C=O) groups excluding carboxylic acids is 9. The molecule has 6 heterocycles. The smallest absolute Gasteiger partial charge is 0.326 e. The summed E-state index contributed by atoms with van der Waals surface area (Å²) in [5.41, 5.74) is 5.23. The predicted molar refractivity (Wildman–Crippen MR) is 349 cm³/mol. The standard InChI is InChI=1S/C15H21NO.C13H17NO.C12H19NO3S.C11H20N2O.C9H16N2O2.C9H17NO/c1-4-16(15(17)11(2)3)14-9-12-7-5-6-8-13(12)10-14;1-3-14-12-7-5-4-6-11(12)9-8-10(2)13(14)15;1-8(7-17-10(3)15)12(16)13-6-4-5-11(13)9(2)14;1-9-5-3-7-12-8-4-6-10(2)13(12)11(9)14;1-6(2)8(12)11-7(3)5-10(4)9(11)13;1-7(2)9(11)10-6-4-5-8(10)3/h5-8,11,14H,4,9-10H2,1-3H3;4-7,10H,3,8-9H2,1-2H3;8,11H,4-7H2,1-3H3;9-10H,3-8H2,1-2H3;6-7H,5H2,1-4H3;7-8H,4-6H2,1-3H3. The molecule has 6 aliphatic heterocycles. The van der Waals surface area contributed by atoms with E-state index in [0.29, 0.717) is 48.8 Å². The molecule has 2 aromatic rings. The van der Waals surface area contributed by atoms with Crippen molar-refractivity contribution in [3.63, 3.8) is 0 Å². The molecule has 486 valence electrons. The van der Waals surface area contributed by atoms with Crippen molar-refractivity contribution in [1.29, 1.82) is 0 Å². The second kappa shape index (κ2) is 35.5. The molecule has 0 saturated carbocycles. The van der Waals surface area contributed by atoms with Gasteiger partial charge in [0.05, 0.1) is 12.1 Å². The van der Waals surface area contributed by atoms with E-state index in [1.807, 2.05) is 87.2 Å². The molecule has 0 aromatic heterocycles. The summed E-state index contributed by atoms with van der Waals surface area (Å²) >= 11 is 1.16. The van der Waals surface area contributed by atoms with Gasteiger partial charge in [0, 0.05) is 125 Å². The number of rotatable bonds is 10. The lowest BCUT2D eigenvalue weighted by Crippen LogP contribution is -2.54. The van der Waals surface area contributed by atoms with Gasteiger partial charge in [0.15, 0.2) is 10.9 Å². The molecule has 9 rings (SSSR count). The topological polar surface area (TPSA) is 180 Å². The largest absolute Gasteiger partial charge is 0.340 e. The van der Waals surface area contributed by atoms with Crippen LogP contribution >= 0.6 is 11.8 Å². The van der Waals surface area contributed by atoms with E-state index in [1.54, 1.807) is 30.7 Å². The number of hydrogen-bond acceptors (Lipinski definition) is 11. The first-order chi connectivity index (χ1) is 41.1. The highest BCUT2D eigenvalue weighted by molar-refractivity contribution is 8.13. The van der Waals surface area contributed by atoms with Gasteiger partial charge >= 0.3 is 6.03 Å². The fourth-order valence-electron chi connectivity index (χ4n) is 12.6. The first-order valence-corrected chi connectivity index (χ1v) is 33.7. The molecular formula is C69H110N8O9S. The maximum atomic E-state index is 12.1. The van der Waals surface area contributed by atoms with Gasteiger partial charge in [-0.15, -0.1) is 0 Å². The first-order valence-electron chi connectivity index (χ1n) is 32.7. The van der Waals surface area contributed by atoms with E-state index in [1.165, 1.54) is 54.7 Å². The highest BCUT2D eigenvalue weighted by Crippen LogP contribution is 2.31. The summed E-state index contributed by atoms with van der Waals surface area (Å²) in [5, 5.41) is 4.32. The summed E-state index contributed by atoms with van der Waals surface area (Å²) in [7, 11) is 1.71. The lowest BCUT2D eigenvalue weighted by molar-refractivity contribution is -0.161. The van der Waals surface area contributed by atoms with Gasteiger partial charge in [-0.2, -0.15) is 0 Å². The number of carbonyl (C=O) groups is 9. The Kier molecular flexibility index (Phi) is 30.2. The Bertz CT molecular complexity index is 2600. The average Bonchev–Trinajstić information content (AvgIpc) is 3.01. The van der Waals surface area contributed by atoms with Crippen molar-refractivity contribution < 1.29 is 43.2 Å². The Morgan fingerprint density at radius 2 is 1.13 bits per heavy atom. The summed E-state index contributed by atoms with van der Waals surface area (Å²) in [6.45, 7) is 36.7. The Hall–Kier alpha value is -5.62. The second-order valence-corrected chi connectivity index (χ2v) is 27.2. The third kappa shape index (κ3) is 20.7. The molecule has 17 nitrogen and oxygen atoms in total. The van der Waals surface area contributed by atoms with Crippen LogP contribution in [0.3, 0.4) is 0 Å². The van der Waals surface area contributed by atoms with Gasteiger partial charge in [-0.25, -0.2) is 9.80 Å². The van der Waals surface area contributed by atoms with Gasteiger partial charge in [-0.05, 0) is 141 Å². The highest BCUT2D eigenvalue weighted by Gasteiger charge is 2.39. The second-order valence-electron chi connectivity index (χ2n) is 26.0. The molecule has 2 aromatic carbocycles. The number of benzene rings is 2. The number of likely N-dealkylation sites (N-methyl/N-ethyl adjacent to an activating group) is 2. The van der Waals surface area contributed by atoms with Gasteiger partial charge in [0.2, 0.25) is 35.4 Å².